The summed E-state index contributed by atoms with van der Waals surface area (Å²) in [5.41, 5.74) is 5.21. The number of hydrogen-bond donors (Lipinski definition) is 2. The van der Waals surface area contributed by atoms with Crippen LogP contribution in [0.3, 0.4) is 0 Å². The minimum atomic E-state index is -0.333. The third kappa shape index (κ3) is 50.7. The molecule has 11 heavy (non-hydrogen) atoms. The third-order valence-electron chi connectivity index (χ3n) is 0.723. The molecule has 0 bridgehead atoms. The monoisotopic (exact) mass is 156 g/mol. The highest BCUT2D eigenvalue weighted by Gasteiger charge is 1.80. The van der Waals surface area contributed by atoms with Crippen LogP contribution >= 0.6 is 0 Å². The van der Waals surface area contributed by atoms with Crippen molar-refractivity contribution in [3.8, 4) is 0 Å². The molecule has 3 nitrogen and oxygen atoms in total. The van der Waals surface area contributed by atoms with Gasteiger partial charge in [0.05, 0.1) is 0 Å². The first-order valence-corrected chi connectivity index (χ1v) is 3.41. The van der Waals surface area contributed by atoms with Crippen LogP contribution in [0, 0.1) is 5.41 Å². The van der Waals surface area contributed by atoms with Crippen LogP contribution < -0.4 is 5.73 Å². The lowest BCUT2D eigenvalue weighted by molar-refractivity contribution is -0.115. The summed E-state index contributed by atoms with van der Waals surface area (Å²) in [5.74, 6) is -0.333. The normalized spacial score (nSPS) is 7.45. The van der Waals surface area contributed by atoms with E-state index in [1.165, 1.54) is 6.92 Å². The molecule has 0 unspecified atom stereocenters. The van der Waals surface area contributed by atoms with Gasteiger partial charge in [0.25, 0.3) is 0 Å². The summed E-state index contributed by atoms with van der Waals surface area (Å²) in [5, 5.41) is 6.95. The molecule has 3 heteroatoms. The van der Waals surface area contributed by atoms with Crippen LogP contribution in [0.1, 0.15) is 26.7 Å². The highest BCUT2D eigenvalue weighted by Crippen LogP contribution is 1.88. The zero-order valence-corrected chi connectivity index (χ0v) is 7.18. The molecule has 0 aromatic heterocycles. The Labute approximate surface area is 67.8 Å². The molecule has 3 N–H and O–H groups in total. The van der Waals surface area contributed by atoms with E-state index in [9.17, 15) is 4.79 Å². The summed E-state index contributed by atoms with van der Waals surface area (Å²) in [7, 11) is 0. The van der Waals surface area contributed by atoms with Crippen LogP contribution in [0.5, 0.6) is 0 Å². The fourth-order valence-electron chi connectivity index (χ4n) is 0.319. The Morgan fingerprint density at radius 2 is 2.00 bits per heavy atom. The Morgan fingerprint density at radius 1 is 1.64 bits per heavy atom. The van der Waals surface area contributed by atoms with Crippen molar-refractivity contribution in [1.82, 2.24) is 0 Å². The summed E-state index contributed by atoms with van der Waals surface area (Å²) in [6, 6.07) is 0. The second kappa shape index (κ2) is 8.88. The zero-order chi connectivity index (χ0) is 9.28. The van der Waals surface area contributed by atoms with Gasteiger partial charge in [0.1, 0.15) is 0 Å². The molecule has 0 aliphatic heterocycles. The average Bonchev–Trinajstić information content (AvgIpc) is 1.82. The van der Waals surface area contributed by atoms with E-state index in [-0.39, 0.29) is 5.91 Å². The third-order valence-corrected chi connectivity index (χ3v) is 0.723. The molecule has 0 spiro atoms. The van der Waals surface area contributed by atoms with Gasteiger partial charge in [-0.3, -0.25) is 4.79 Å². The maximum atomic E-state index is 9.22. The molecule has 0 aromatic rings. The van der Waals surface area contributed by atoms with Crippen molar-refractivity contribution in [3.05, 3.63) is 12.7 Å². The van der Waals surface area contributed by atoms with Crippen molar-refractivity contribution < 1.29 is 4.79 Å². The molecule has 1 amide bonds. The first-order chi connectivity index (χ1) is 5.00. The average molecular weight is 156 g/mol. The lowest BCUT2D eigenvalue weighted by Gasteiger charge is -1.86. The Kier molecular flexibility index (Phi) is 10.1. The quantitative estimate of drug-likeness (QED) is 0.471. The van der Waals surface area contributed by atoms with E-state index < -0.39 is 0 Å². The number of nitrogens with one attached hydrogen (secondary N) is 1. The largest absolute Gasteiger partial charge is 0.370 e. The van der Waals surface area contributed by atoms with E-state index in [1.807, 2.05) is 13.0 Å². The van der Waals surface area contributed by atoms with Gasteiger partial charge in [-0.15, -0.1) is 6.58 Å². The predicted molar refractivity (Wildman–Crippen MR) is 47.7 cm³/mol. The van der Waals surface area contributed by atoms with E-state index in [0.717, 1.165) is 18.6 Å². The van der Waals surface area contributed by atoms with Crippen LogP contribution in [-0.4, -0.2) is 11.6 Å². The molecule has 0 rings (SSSR count). The molecule has 0 atom stereocenters. The Hall–Kier alpha value is -1.12. The van der Waals surface area contributed by atoms with Crippen LogP contribution in [0.25, 0.3) is 0 Å². The van der Waals surface area contributed by atoms with Crippen molar-refractivity contribution in [2.75, 3.05) is 0 Å². The van der Waals surface area contributed by atoms with Gasteiger partial charge in [0.15, 0.2) is 0 Å². The summed E-state index contributed by atoms with van der Waals surface area (Å²) < 4.78 is 0. The second-order valence-electron chi connectivity index (χ2n) is 2.22. The number of carbonyl (C=O) groups is 1. The first kappa shape index (κ1) is 12.5. The topological polar surface area (TPSA) is 66.9 Å². The summed E-state index contributed by atoms with van der Waals surface area (Å²) >= 11 is 0. The Balaban J connectivity index is 0. The summed E-state index contributed by atoms with van der Waals surface area (Å²) in [6.45, 7) is 6.65. The molecular weight excluding hydrogens is 140 g/mol. The molecule has 0 fully saturated rings. The molecule has 0 saturated heterocycles. The SMILES string of the molecule is C=CCCC(C)=N.CC(N)=O. The van der Waals surface area contributed by atoms with Crippen LogP contribution in [0.4, 0.5) is 0 Å². The molecule has 0 radical (unpaired) electrons. The maximum absolute atomic E-state index is 9.22. The van der Waals surface area contributed by atoms with Gasteiger partial charge in [-0.2, -0.15) is 0 Å². The van der Waals surface area contributed by atoms with Gasteiger partial charge >= 0.3 is 0 Å². The Morgan fingerprint density at radius 3 is 2.09 bits per heavy atom. The standard InChI is InChI=1S/C6H11N.C2H5NO/c1-3-4-5-6(2)7;1-2(3)4/h3,7H,1,4-5H2,2H3;1H3,(H2,3,4). The van der Waals surface area contributed by atoms with Gasteiger partial charge in [-0.05, 0) is 19.8 Å². The molecule has 0 aliphatic carbocycles. The molecule has 0 saturated carbocycles. The van der Waals surface area contributed by atoms with Gasteiger partial charge in [0, 0.05) is 12.6 Å². The smallest absolute Gasteiger partial charge is 0.214 e. The number of rotatable bonds is 3. The van der Waals surface area contributed by atoms with Crippen molar-refractivity contribution in [1.29, 1.82) is 5.41 Å². The number of hydrogen-bond acceptors (Lipinski definition) is 2. The van der Waals surface area contributed by atoms with Crippen molar-refractivity contribution in [2.24, 2.45) is 5.73 Å². The van der Waals surface area contributed by atoms with E-state index in [0.29, 0.717) is 0 Å². The minimum absolute atomic E-state index is 0.333. The number of primary amides is 1. The number of carbonyl (C=O) groups excluding carboxylic acids is 1. The molecule has 64 valence electrons. The molecular formula is C8H16N2O. The van der Waals surface area contributed by atoms with Crippen molar-refractivity contribution >= 4 is 11.6 Å². The summed E-state index contributed by atoms with van der Waals surface area (Å²) in [6.07, 6.45) is 3.64. The molecule has 0 aliphatic rings. The van der Waals surface area contributed by atoms with E-state index >= 15 is 0 Å². The molecule has 0 heterocycles. The lowest BCUT2D eigenvalue weighted by Crippen LogP contribution is -2.01. The number of allylic oxidation sites excluding steroid dienone is 1. The lowest BCUT2D eigenvalue weighted by atomic mass is 10.2. The molecule has 0 aromatic carbocycles. The van der Waals surface area contributed by atoms with E-state index in [2.05, 4.69) is 12.3 Å². The van der Waals surface area contributed by atoms with Crippen molar-refractivity contribution in [3.63, 3.8) is 0 Å². The fraction of sp³-hybridized carbons (Fsp3) is 0.500. The zero-order valence-electron chi connectivity index (χ0n) is 7.18. The maximum Gasteiger partial charge on any atom is 0.214 e. The highest BCUT2D eigenvalue weighted by molar-refractivity contribution is 5.78. The minimum Gasteiger partial charge on any atom is -0.370 e. The van der Waals surface area contributed by atoms with Crippen LogP contribution in [0.2, 0.25) is 0 Å². The van der Waals surface area contributed by atoms with Gasteiger partial charge < -0.3 is 11.1 Å². The van der Waals surface area contributed by atoms with Gasteiger partial charge in [-0.25, -0.2) is 0 Å². The predicted octanol–water partition coefficient (Wildman–Crippen LogP) is 1.48. The summed E-state index contributed by atoms with van der Waals surface area (Å²) in [4.78, 5) is 9.22. The van der Waals surface area contributed by atoms with Crippen LogP contribution in [-0.2, 0) is 4.79 Å². The Bertz CT molecular complexity index is 137. The highest BCUT2D eigenvalue weighted by atomic mass is 16.1. The van der Waals surface area contributed by atoms with E-state index in [1.54, 1.807) is 0 Å². The van der Waals surface area contributed by atoms with E-state index in [4.69, 9.17) is 5.41 Å². The number of nitrogens with two attached hydrogens (primary N) is 1. The fourth-order valence-corrected chi connectivity index (χ4v) is 0.319. The second-order valence-corrected chi connectivity index (χ2v) is 2.22. The van der Waals surface area contributed by atoms with Gasteiger partial charge in [-0.1, -0.05) is 6.08 Å². The van der Waals surface area contributed by atoms with Crippen LogP contribution in [0.15, 0.2) is 12.7 Å². The number of amides is 1. The van der Waals surface area contributed by atoms with Gasteiger partial charge in [0.2, 0.25) is 5.91 Å². The first-order valence-electron chi connectivity index (χ1n) is 3.41. The van der Waals surface area contributed by atoms with Crippen molar-refractivity contribution in [2.45, 2.75) is 26.7 Å².